The number of amides is 2. The lowest BCUT2D eigenvalue weighted by Gasteiger charge is -2.31. The summed E-state index contributed by atoms with van der Waals surface area (Å²) in [6.07, 6.45) is 0.671. The Labute approximate surface area is 170 Å². The smallest absolute Gasteiger partial charge is 0.255 e. The van der Waals surface area contributed by atoms with E-state index >= 15 is 0 Å². The van der Waals surface area contributed by atoms with Gasteiger partial charge in [-0.2, -0.15) is 0 Å². The molecule has 0 aromatic heterocycles. The highest BCUT2D eigenvalue weighted by Crippen LogP contribution is 2.36. The number of fused-ring (bicyclic) bond motifs is 2. The van der Waals surface area contributed by atoms with Crippen molar-refractivity contribution in [3.05, 3.63) is 59.2 Å². The molecule has 0 radical (unpaired) electrons. The Morgan fingerprint density at radius 1 is 1.14 bits per heavy atom. The third-order valence-corrected chi connectivity index (χ3v) is 5.10. The Hall–Kier alpha value is -3.02. The molecule has 1 N–H and O–H groups in total. The van der Waals surface area contributed by atoms with Crippen LogP contribution in [0.3, 0.4) is 0 Å². The van der Waals surface area contributed by atoms with Gasteiger partial charge in [0.1, 0.15) is 6.04 Å². The summed E-state index contributed by atoms with van der Waals surface area (Å²) in [6, 6.07) is 12.6. The predicted octanol–water partition coefficient (Wildman–Crippen LogP) is 3.32. The number of hydrogen-bond acceptors (Lipinski definition) is 4. The van der Waals surface area contributed by atoms with E-state index in [2.05, 4.69) is 26.1 Å². The molecule has 2 heterocycles. The number of carbonyl (C=O) groups excluding carboxylic acids is 2. The molecule has 2 amide bonds. The van der Waals surface area contributed by atoms with Crippen LogP contribution in [0, 0.1) is 5.41 Å². The van der Waals surface area contributed by atoms with Gasteiger partial charge in [0.05, 0.1) is 0 Å². The second kappa shape index (κ2) is 7.43. The molecule has 0 spiro atoms. The van der Waals surface area contributed by atoms with Crippen molar-refractivity contribution in [1.82, 2.24) is 10.2 Å². The van der Waals surface area contributed by atoms with Crippen molar-refractivity contribution >= 4 is 11.8 Å². The SMILES string of the molecule is CC(C)(C)CN1C(=O)c2ccccc2C1C(=O)NCCc1ccc2c(c1)OCO2. The van der Waals surface area contributed by atoms with Crippen molar-refractivity contribution < 1.29 is 19.1 Å². The molecule has 2 aliphatic rings. The van der Waals surface area contributed by atoms with Crippen molar-refractivity contribution in [2.45, 2.75) is 33.2 Å². The summed E-state index contributed by atoms with van der Waals surface area (Å²) >= 11 is 0. The first-order valence-corrected chi connectivity index (χ1v) is 9.90. The lowest BCUT2D eigenvalue weighted by Crippen LogP contribution is -2.43. The lowest BCUT2D eigenvalue weighted by molar-refractivity contribution is -0.125. The van der Waals surface area contributed by atoms with Crippen LogP contribution in [0.1, 0.15) is 48.3 Å². The van der Waals surface area contributed by atoms with Gasteiger partial charge in [0.2, 0.25) is 12.7 Å². The Morgan fingerprint density at radius 3 is 2.69 bits per heavy atom. The summed E-state index contributed by atoms with van der Waals surface area (Å²) in [6.45, 7) is 7.44. The van der Waals surface area contributed by atoms with E-state index in [1.165, 1.54) is 0 Å². The fourth-order valence-electron chi connectivity index (χ4n) is 3.85. The van der Waals surface area contributed by atoms with Crippen LogP contribution in [0.25, 0.3) is 0 Å². The molecule has 0 aliphatic carbocycles. The van der Waals surface area contributed by atoms with Crippen LogP contribution < -0.4 is 14.8 Å². The molecule has 4 rings (SSSR count). The number of ether oxygens (including phenoxy) is 2. The first kappa shape index (κ1) is 19.3. The van der Waals surface area contributed by atoms with Crippen LogP contribution in [-0.4, -0.2) is 36.6 Å². The zero-order valence-corrected chi connectivity index (χ0v) is 17.0. The summed E-state index contributed by atoms with van der Waals surface area (Å²) in [5.41, 5.74) is 2.35. The maximum absolute atomic E-state index is 13.1. The number of benzene rings is 2. The van der Waals surface area contributed by atoms with Gasteiger partial charge in [-0.1, -0.05) is 45.0 Å². The molecule has 0 fully saturated rings. The van der Waals surface area contributed by atoms with Gasteiger partial charge in [0, 0.05) is 18.7 Å². The van der Waals surface area contributed by atoms with E-state index in [1.54, 1.807) is 11.0 Å². The standard InChI is InChI=1S/C23H26N2O4/c1-23(2,3)13-25-20(16-6-4-5-7-17(16)22(25)27)21(26)24-11-10-15-8-9-18-19(12-15)29-14-28-18/h4-9,12,20H,10-11,13-14H2,1-3H3,(H,24,26). The average molecular weight is 394 g/mol. The number of nitrogens with one attached hydrogen (secondary N) is 1. The Kier molecular flexibility index (Phi) is 4.94. The molecule has 152 valence electrons. The van der Waals surface area contributed by atoms with Crippen LogP contribution >= 0.6 is 0 Å². The van der Waals surface area contributed by atoms with Crippen LogP contribution in [0.15, 0.2) is 42.5 Å². The van der Waals surface area contributed by atoms with Crippen molar-refractivity contribution in [3.8, 4) is 11.5 Å². The first-order valence-electron chi connectivity index (χ1n) is 9.90. The van der Waals surface area contributed by atoms with Gasteiger partial charge in [-0.3, -0.25) is 9.59 Å². The monoisotopic (exact) mass is 394 g/mol. The van der Waals surface area contributed by atoms with Crippen molar-refractivity contribution in [3.63, 3.8) is 0 Å². The Balaban J connectivity index is 1.46. The molecule has 6 heteroatoms. The fraction of sp³-hybridized carbons (Fsp3) is 0.391. The average Bonchev–Trinajstić information content (AvgIpc) is 3.24. The van der Waals surface area contributed by atoms with E-state index in [0.717, 1.165) is 22.6 Å². The van der Waals surface area contributed by atoms with Crippen molar-refractivity contribution in [2.75, 3.05) is 19.9 Å². The second-order valence-corrected chi connectivity index (χ2v) is 8.71. The quantitative estimate of drug-likeness (QED) is 0.845. The maximum Gasteiger partial charge on any atom is 0.255 e. The van der Waals surface area contributed by atoms with Crippen LogP contribution in [-0.2, 0) is 11.2 Å². The van der Waals surface area contributed by atoms with Gasteiger partial charge in [-0.15, -0.1) is 0 Å². The minimum Gasteiger partial charge on any atom is -0.454 e. The molecule has 1 unspecified atom stereocenters. The lowest BCUT2D eigenvalue weighted by atomic mass is 9.95. The highest BCUT2D eigenvalue weighted by molar-refractivity contribution is 6.04. The minimum absolute atomic E-state index is 0.0774. The number of carbonyl (C=O) groups is 2. The van der Waals surface area contributed by atoms with Crippen LogP contribution in [0.2, 0.25) is 0 Å². The molecule has 0 bridgehead atoms. The van der Waals surface area contributed by atoms with Gasteiger partial charge in [0.15, 0.2) is 11.5 Å². The molecule has 6 nitrogen and oxygen atoms in total. The molecule has 0 saturated carbocycles. The summed E-state index contributed by atoms with van der Waals surface area (Å²) < 4.78 is 10.7. The van der Waals surface area contributed by atoms with E-state index < -0.39 is 6.04 Å². The van der Waals surface area contributed by atoms with Crippen molar-refractivity contribution in [1.29, 1.82) is 0 Å². The highest BCUT2D eigenvalue weighted by atomic mass is 16.7. The van der Waals surface area contributed by atoms with E-state index in [-0.39, 0.29) is 24.0 Å². The number of rotatable bonds is 5. The van der Waals surface area contributed by atoms with E-state index in [4.69, 9.17) is 9.47 Å². The second-order valence-electron chi connectivity index (χ2n) is 8.71. The zero-order chi connectivity index (χ0) is 20.6. The summed E-state index contributed by atoms with van der Waals surface area (Å²) in [4.78, 5) is 27.7. The van der Waals surface area contributed by atoms with Crippen LogP contribution in [0.5, 0.6) is 11.5 Å². The molecule has 1 atom stereocenters. The number of nitrogens with zero attached hydrogens (tertiary/aromatic N) is 1. The first-order chi connectivity index (χ1) is 13.8. The summed E-state index contributed by atoms with van der Waals surface area (Å²) in [5.74, 6) is 1.26. The molecule has 2 aromatic carbocycles. The molecular weight excluding hydrogens is 368 g/mol. The van der Waals surface area contributed by atoms with Gasteiger partial charge in [0.25, 0.3) is 5.91 Å². The highest BCUT2D eigenvalue weighted by Gasteiger charge is 2.42. The molecular formula is C23H26N2O4. The number of hydrogen-bond donors (Lipinski definition) is 1. The summed E-state index contributed by atoms with van der Waals surface area (Å²) in [5, 5.41) is 3.01. The Morgan fingerprint density at radius 2 is 1.90 bits per heavy atom. The molecule has 29 heavy (non-hydrogen) atoms. The topological polar surface area (TPSA) is 67.9 Å². The van der Waals surface area contributed by atoms with Gasteiger partial charge in [-0.05, 0) is 41.2 Å². The third kappa shape index (κ3) is 3.92. The van der Waals surface area contributed by atoms with E-state index in [0.29, 0.717) is 25.1 Å². The largest absolute Gasteiger partial charge is 0.454 e. The maximum atomic E-state index is 13.1. The molecule has 0 saturated heterocycles. The normalized spacial score (nSPS) is 17.4. The van der Waals surface area contributed by atoms with E-state index in [9.17, 15) is 9.59 Å². The van der Waals surface area contributed by atoms with Crippen molar-refractivity contribution in [2.24, 2.45) is 5.41 Å². The van der Waals surface area contributed by atoms with Gasteiger partial charge < -0.3 is 19.7 Å². The van der Waals surface area contributed by atoms with Gasteiger partial charge >= 0.3 is 0 Å². The fourth-order valence-corrected chi connectivity index (χ4v) is 3.85. The molecule has 2 aliphatic heterocycles. The van der Waals surface area contributed by atoms with Gasteiger partial charge in [-0.25, -0.2) is 0 Å². The predicted molar refractivity (Wildman–Crippen MR) is 109 cm³/mol. The van der Waals surface area contributed by atoms with Crippen LogP contribution in [0.4, 0.5) is 0 Å². The van der Waals surface area contributed by atoms with E-state index in [1.807, 2.05) is 36.4 Å². The Bertz CT molecular complexity index is 948. The third-order valence-electron chi connectivity index (χ3n) is 5.10. The molecule has 2 aromatic rings. The minimum atomic E-state index is -0.588. The summed E-state index contributed by atoms with van der Waals surface area (Å²) in [7, 11) is 0. The zero-order valence-electron chi connectivity index (χ0n) is 17.0.